The fourth-order valence-electron chi connectivity index (χ4n) is 3.54. The van der Waals surface area contributed by atoms with Gasteiger partial charge in [-0.05, 0) is 42.3 Å². The summed E-state index contributed by atoms with van der Waals surface area (Å²) in [4.78, 5) is 12.8. The average molecular weight is 473 g/mol. The smallest absolute Gasteiger partial charge is 0.497 e. The Morgan fingerprint density at radius 2 is 1.74 bits per heavy atom. The monoisotopic (exact) mass is 473 g/mol. The first kappa shape index (κ1) is 23.1. The summed E-state index contributed by atoms with van der Waals surface area (Å²) in [5, 5.41) is 7.01. The number of rotatable bonds is 6. The van der Waals surface area contributed by atoms with E-state index in [-0.39, 0.29) is 17.9 Å². The van der Waals surface area contributed by atoms with Gasteiger partial charge in [0.05, 0.1) is 23.9 Å². The summed E-state index contributed by atoms with van der Waals surface area (Å²) < 4.78 is 62.2. The Morgan fingerprint density at radius 1 is 1.03 bits per heavy atom. The Kier molecular flexibility index (Phi) is 6.14. The van der Waals surface area contributed by atoms with Crippen LogP contribution in [0.15, 0.2) is 60.8 Å². The van der Waals surface area contributed by atoms with E-state index in [1.165, 1.54) is 31.4 Å². The summed E-state index contributed by atoms with van der Waals surface area (Å²) in [5.74, 6) is -0.770. The van der Waals surface area contributed by atoms with E-state index in [1.807, 2.05) is 0 Å². The van der Waals surface area contributed by atoms with Crippen LogP contribution in [0.3, 0.4) is 0 Å². The third-order valence-corrected chi connectivity index (χ3v) is 5.16. The van der Waals surface area contributed by atoms with Gasteiger partial charge in [-0.2, -0.15) is 5.10 Å². The summed E-state index contributed by atoms with van der Waals surface area (Å²) in [7, 11) is 1.52. The number of ether oxygens (including phenoxy) is 2. The molecule has 0 fully saturated rings. The molecule has 4 rings (SSSR count). The van der Waals surface area contributed by atoms with Gasteiger partial charge in [-0.15, -0.1) is 13.2 Å². The van der Waals surface area contributed by atoms with E-state index in [0.717, 1.165) is 12.1 Å². The van der Waals surface area contributed by atoms with E-state index in [4.69, 9.17) is 4.74 Å². The van der Waals surface area contributed by atoms with Gasteiger partial charge in [0.2, 0.25) is 0 Å². The number of benzene rings is 2. The summed E-state index contributed by atoms with van der Waals surface area (Å²) in [6, 6.07) is 12.9. The molecule has 0 aliphatic heterocycles. The third kappa shape index (κ3) is 4.95. The minimum absolute atomic E-state index is 0.0654. The molecule has 0 saturated carbocycles. The van der Waals surface area contributed by atoms with Crippen LogP contribution in [0.25, 0.3) is 16.6 Å². The number of pyridine rings is 1. The lowest BCUT2D eigenvalue weighted by Crippen LogP contribution is -2.24. The Bertz CT molecular complexity index is 1350. The van der Waals surface area contributed by atoms with Crippen LogP contribution < -0.4 is 14.8 Å². The maximum absolute atomic E-state index is 14.7. The molecule has 2 heterocycles. The highest BCUT2D eigenvalue weighted by atomic mass is 19.4. The molecule has 0 bridgehead atoms. The molecule has 10 heteroatoms. The van der Waals surface area contributed by atoms with Gasteiger partial charge < -0.3 is 14.8 Å². The number of halogens is 4. The Labute approximate surface area is 191 Å². The van der Waals surface area contributed by atoms with Crippen molar-refractivity contribution >= 4 is 11.4 Å². The number of carbonyl (C=O) groups excluding carboxylic acids is 1. The number of fused-ring (bicyclic) bond motifs is 1. The molecule has 1 N–H and O–H groups in total. The van der Waals surface area contributed by atoms with Crippen molar-refractivity contribution in [2.45, 2.75) is 19.8 Å². The van der Waals surface area contributed by atoms with Crippen LogP contribution in [0.1, 0.15) is 21.6 Å². The topological polar surface area (TPSA) is 64.9 Å². The average Bonchev–Trinajstić information content (AvgIpc) is 3.12. The summed E-state index contributed by atoms with van der Waals surface area (Å²) in [6.07, 6.45) is -3.11. The summed E-state index contributed by atoms with van der Waals surface area (Å²) >= 11 is 0. The Hall–Kier alpha value is -4.08. The molecule has 1 amide bonds. The van der Waals surface area contributed by atoms with Gasteiger partial charge in [0.25, 0.3) is 5.91 Å². The highest BCUT2D eigenvalue weighted by molar-refractivity contribution is 6.02. The molecule has 0 spiro atoms. The first-order chi connectivity index (χ1) is 16.1. The normalized spacial score (nSPS) is 11.5. The molecule has 2 aromatic carbocycles. The van der Waals surface area contributed by atoms with Gasteiger partial charge in [0.15, 0.2) is 0 Å². The van der Waals surface area contributed by atoms with E-state index in [2.05, 4.69) is 15.2 Å². The number of hydrogen-bond donors (Lipinski definition) is 1. The van der Waals surface area contributed by atoms with E-state index in [9.17, 15) is 22.4 Å². The van der Waals surface area contributed by atoms with Gasteiger partial charge in [-0.3, -0.25) is 4.79 Å². The van der Waals surface area contributed by atoms with E-state index in [1.54, 1.807) is 35.8 Å². The van der Waals surface area contributed by atoms with Crippen LogP contribution in [-0.2, 0) is 6.54 Å². The third-order valence-electron chi connectivity index (χ3n) is 5.16. The lowest BCUT2D eigenvalue weighted by atomic mass is 10.0. The van der Waals surface area contributed by atoms with E-state index >= 15 is 0 Å². The number of carbonyl (C=O) groups is 1. The number of amides is 1. The molecule has 0 aliphatic carbocycles. The lowest BCUT2D eigenvalue weighted by Gasteiger charge is -2.10. The zero-order chi connectivity index (χ0) is 24.5. The van der Waals surface area contributed by atoms with Crippen LogP contribution in [0.4, 0.5) is 17.6 Å². The number of aryl methyl sites for hydroxylation is 1. The van der Waals surface area contributed by atoms with Crippen molar-refractivity contribution in [3.63, 3.8) is 0 Å². The van der Waals surface area contributed by atoms with Crippen molar-refractivity contribution in [3.05, 3.63) is 83.4 Å². The lowest BCUT2D eigenvalue weighted by molar-refractivity contribution is -0.274. The molecule has 34 heavy (non-hydrogen) atoms. The SMILES string of the molecule is COc1ccn2nc(C)c(C(=O)NCc3ccc(-c4ccc(OC(F)(F)F)cc4)cc3F)c2c1. The number of alkyl halides is 3. The Balaban J connectivity index is 1.48. The van der Waals surface area contributed by atoms with Crippen LogP contribution in [0, 0.1) is 12.7 Å². The van der Waals surface area contributed by atoms with Crippen molar-refractivity contribution in [3.8, 4) is 22.6 Å². The molecule has 6 nitrogen and oxygen atoms in total. The second-order valence-electron chi connectivity index (χ2n) is 7.42. The quantitative estimate of drug-likeness (QED) is 0.387. The molecule has 0 radical (unpaired) electrons. The van der Waals surface area contributed by atoms with Crippen LogP contribution >= 0.6 is 0 Å². The molecule has 4 aromatic rings. The van der Waals surface area contributed by atoms with Crippen LogP contribution in [0.5, 0.6) is 11.5 Å². The van der Waals surface area contributed by atoms with E-state index < -0.39 is 18.1 Å². The molecular weight excluding hydrogens is 454 g/mol. The molecular formula is C24H19F4N3O3. The first-order valence-corrected chi connectivity index (χ1v) is 10.1. The minimum atomic E-state index is -4.78. The predicted molar refractivity (Wildman–Crippen MR) is 116 cm³/mol. The molecule has 0 aliphatic rings. The first-order valence-electron chi connectivity index (χ1n) is 10.1. The largest absolute Gasteiger partial charge is 0.573 e. The number of nitrogens with zero attached hydrogens (tertiary/aromatic N) is 2. The number of nitrogens with one attached hydrogen (secondary N) is 1. The standard InChI is InChI=1S/C24H19F4N3O3/c1-14-22(21-12-19(33-2)9-10-31(21)30-14)23(32)29-13-17-4-3-16(11-20(17)25)15-5-7-18(8-6-15)34-24(26,27)28/h3-12H,13H2,1-2H3,(H,29,32). The highest BCUT2D eigenvalue weighted by Gasteiger charge is 2.31. The van der Waals surface area contributed by atoms with Crippen LogP contribution in [0.2, 0.25) is 0 Å². The van der Waals surface area contributed by atoms with Crippen molar-refractivity contribution in [2.75, 3.05) is 7.11 Å². The van der Waals surface area contributed by atoms with Gasteiger partial charge in [-0.25, -0.2) is 8.91 Å². The molecule has 0 atom stereocenters. The second kappa shape index (κ2) is 9.05. The number of aromatic nitrogens is 2. The predicted octanol–water partition coefficient (Wildman–Crippen LogP) is 5.29. The maximum Gasteiger partial charge on any atom is 0.573 e. The highest BCUT2D eigenvalue weighted by Crippen LogP contribution is 2.27. The fourth-order valence-corrected chi connectivity index (χ4v) is 3.54. The van der Waals surface area contributed by atoms with Crippen molar-refractivity contribution < 1.29 is 31.8 Å². The van der Waals surface area contributed by atoms with Gasteiger partial charge in [-0.1, -0.05) is 24.3 Å². The van der Waals surface area contributed by atoms with Crippen molar-refractivity contribution in [1.29, 1.82) is 0 Å². The summed E-state index contributed by atoms with van der Waals surface area (Å²) in [6.45, 7) is 1.64. The zero-order valence-corrected chi connectivity index (χ0v) is 18.1. The van der Waals surface area contributed by atoms with Gasteiger partial charge >= 0.3 is 6.36 Å². The van der Waals surface area contributed by atoms with E-state index in [0.29, 0.717) is 33.7 Å². The summed E-state index contributed by atoms with van der Waals surface area (Å²) in [5.41, 5.74) is 2.66. The van der Waals surface area contributed by atoms with Crippen molar-refractivity contribution in [2.24, 2.45) is 0 Å². The number of methoxy groups -OCH3 is 1. The van der Waals surface area contributed by atoms with Crippen LogP contribution in [-0.4, -0.2) is 29.0 Å². The molecule has 176 valence electrons. The minimum Gasteiger partial charge on any atom is -0.497 e. The number of hydrogen-bond acceptors (Lipinski definition) is 4. The second-order valence-corrected chi connectivity index (χ2v) is 7.42. The van der Waals surface area contributed by atoms with Gasteiger partial charge in [0, 0.05) is 24.4 Å². The fraction of sp³-hybridized carbons (Fsp3) is 0.167. The molecule has 0 saturated heterocycles. The molecule has 2 aromatic heterocycles. The zero-order valence-electron chi connectivity index (χ0n) is 18.1. The van der Waals surface area contributed by atoms with Crippen molar-refractivity contribution in [1.82, 2.24) is 14.9 Å². The maximum atomic E-state index is 14.7. The Morgan fingerprint density at radius 3 is 2.38 bits per heavy atom. The molecule has 0 unspecified atom stereocenters. The van der Waals surface area contributed by atoms with Gasteiger partial charge in [0.1, 0.15) is 17.3 Å².